The zero-order valence-corrected chi connectivity index (χ0v) is 11.9. The first-order valence-corrected chi connectivity index (χ1v) is 4.65. The Morgan fingerprint density at radius 1 is 1.46 bits per heavy atom. The predicted octanol–water partition coefficient (Wildman–Crippen LogP) is 2.26. The van der Waals surface area contributed by atoms with Crippen LogP contribution in [0.4, 0.5) is 0 Å². The first kappa shape index (κ1) is 16.4. The Labute approximate surface area is 114 Å². The Morgan fingerprint density at radius 3 is 2.15 bits per heavy atom. The van der Waals surface area contributed by atoms with Crippen molar-refractivity contribution in [3.05, 3.63) is 0 Å². The molecule has 0 saturated carbocycles. The maximum Gasteiger partial charge on any atom is 0.104 e. The van der Waals surface area contributed by atoms with E-state index < -0.39 is 5.60 Å². The van der Waals surface area contributed by atoms with Gasteiger partial charge in [-0.3, -0.25) is 4.99 Å². The van der Waals surface area contributed by atoms with E-state index in [0.717, 1.165) is 18.6 Å². The molecule has 1 N–H and O–H groups in total. The van der Waals surface area contributed by atoms with Gasteiger partial charge >= 0.3 is 0 Å². The van der Waals surface area contributed by atoms with Crippen LogP contribution in [0.1, 0.15) is 40.5 Å². The fourth-order valence-electron chi connectivity index (χ4n) is 1.46. The van der Waals surface area contributed by atoms with Crippen LogP contribution in [0, 0.1) is 46.3 Å². The van der Waals surface area contributed by atoms with Gasteiger partial charge in [0, 0.05) is 53.1 Å². The van der Waals surface area contributed by atoms with Crippen LogP contribution in [0.3, 0.4) is 0 Å². The molecule has 0 aromatic carbocycles. The van der Waals surface area contributed by atoms with E-state index in [1.54, 1.807) is 7.05 Å². The monoisotopic (exact) mass is 323 g/mol. The second kappa shape index (κ2) is 7.28. The van der Waals surface area contributed by atoms with Crippen LogP contribution in [0.5, 0.6) is 0 Å². The van der Waals surface area contributed by atoms with Crippen LogP contribution in [0.2, 0.25) is 0 Å². The summed E-state index contributed by atoms with van der Waals surface area (Å²) < 4.78 is 0. The van der Waals surface area contributed by atoms with Crippen molar-refractivity contribution < 1.29 is 45.5 Å². The van der Waals surface area contributed by atoms with Crippen molar-refractivity contribution in [3.8, 4) is 0 Å². The van der Waals surface area contributed by atoms with Gasteiger partial charge in [-0.1, -0.05) is 27.2 Å². The summed E-state index contributed by atoms with van der Waals surface area (Å²) in [7, 11) is 1.73. The molecule has 0 radical (unpaired) electrons. The SMILES string of the molecule is CCCC(O)(C(C)=NC)C(C)C.[Sm]. The van der Waals surface area contributed by atoms with Gasteiger partial charge in [0.2, 0.25) is 0 Å². The molecule has 0 aliphatic rings. The normalized spacial score (nSPS) is 16.7. The van der Waals surface area contributed by atoms with E-state index in [4.69, 9.17) is 0 Å². The molecule has 0 aromatic rings. The van der Waals surface area contributed by atoms with Gasteiger partial charge in [-0.25, -0.2) is 0 Å². The largest absolute Gasteiger partial charge is 0.384 e. The number of hydrogen-bond donors (Lipinski definition) is 1. The molecule has 0 spiro atoms. The van der Waals surface area contributed by atoms with Crippen LogP contribution >= 0.6 is 0 Å². The number of rotatable bonds is 4. The average Bonchev–Trinajstić information content (AvgIpc) is 2.03. The van der Waals surface area contributed by atoms with Gasteiger partial charge in [-0.05, 0) is 19.3 Å². The molecule has 0 fully saturated rings. The molecule has 3 heteroatoms. The van der Waals surface area contributed by atoms with Crippen LogP contribution < -0.4 is 0 Å². The molecule has 0 amide bonds. The Morgan fingerprint density at radius 2 is 1.92 bits per heavy atom. The number of aliphatic imine (C=N–C) groups is 1. The van der Waals surface area contributed by atoms with E-state index in [-0.39, 0.29) is 46.3 Å². The average molecular weight is 322 g/mol. The molecular weight excluding hydrogens is 300 g/mol. The van der Waals surface area contributed by atoms with Crippen molar-refractivity contribution in [2.75, 3.05) is 7.05 Å². The summed E-state index contributed by atoms with van der Waals surface area (Å²) in [5.41, 5.74) is 0.156. The summed E-state index contributed by atoms with van der Waals surface area (Å²) in [4.78, 5) is 4.07. The van der Waals surface area contributed by atoms with Crippen LogP contribution in [-0.4, -0.2) is 23.5 Å². The third-order valence-electron chi connectivity index (χ3n) is 2.55. The topological polar surface area (TPSA) is 32.6 Å². The molecule has 0 saturated heterocycles. The number of nitrogens with zero attached hydrogens (tertiary/aromatic N) is 1. The molecule has 1 unspecified atom stereocenters. The fraction of sp³-hybridized carbons (Fsp3) is 0.900. The Kier molecular flexibility index (Phi) is 9.19. The minimum Gasteiger partial charge on any atom is -0.384 e. The van der Waals surface area contributed by atoms with Crippen molar-refractivity contribution in [2.24, 2.45) is 10.9 Å². The summed E-state index contributed by atoms with van der Waals surface area (Å²) in [5.74, 6) is 0.237. The fourth-order valence-corrected chi connectivity index (χ4v) is 1.46. The summed E-state index contributed by atoms with van der Waals surface area (Å²) in [6, 6.07) is 0. The Hall–Kier alpha value is 0.968. The van der Waals surface area contributed by atoms with E-state index in [1.165, 1.54) is 0 Å². The Bertz CT molecular complexity index is 168. The summed E-state index contributed by atoms with van der Waals surface area (Å²) in [5, 5.41) is 10.2. The zero-order valence-electron chi connectivity index (χ0n) is 9.29. The van der Waals surface area contributed by atoms with Crippen molar-refractivity contribution in [1.82, 2.24) is 0 Å². The summed E-state index contributed by atoms with van der Waals surface area (Å²) in [6.45, 7) is 8.04. The van der Waals surface area contributed by atoms with Crippen molar-refractivity contribution in [1.29, 1.82) is 0 Å². The molecule has 0 aliphatic carbocycles. The van der Waals surface area contributed by atoms with Gasteiger partial charge in [0.15, 0.2) is 0 Å². The van der Waals surface area contributed by atoms with Gasteiger partial charge in [-0.2, -0.15) is 0 Å². The molecule has 0 bridgehead atoms. The van der Waals surface area contributed by atoms with Gasteiger partial charge in [0.25, 0.3) is 0 Å². The van der Waals surface area contributed by atoms with Crippen molar-refractivity contribution >= 4 is 5.71 Å². The minimum atomic E-state index is -0.691. The maximum atomic E-state index is 10.2. The van der Waals surface area contributed by atoms with E-state index >= 15 is 0 Å². The molecule has 0 rings (SSSR count). The number of aliphatic hydroxyl groups is 1. The van der Waals surface area contributed by atoms with Crippen LogP contribution in [0.25, 0.3) is 0 Å². The van der Waals surface area contributed by atoms with Crippen molar-refractivity contribution in [2.45, 2.75) is 46.1 Å². The minimum absolute atomic E-state index is 0. The van der Waals surface area contributed by atoms with E-state index in [0.29, 0.717) is 0 Å². The molecule has 0 heterocycles. The molecule has 1 atom stereocenters. The van der Waals surface area contributed by atoms with Gasteiger partial charge in [0.05, 0.1) is 0 Å². The first-order valence-electron chi connectivity index (χ1n) is 4.65. The third kappa shape index (κ3) is 4.34. The standard InChI is InChI=1S/C10H21NO.Sm/c1-6-7-10(12,8(2)3)9(4)11-5;/h8,12H,6-7H2,1-5H3;. The second-order valence-electron chi connectivity index (χ2n) is 3.64. The van der Waals surface area contributed by atoms with Crippen LogP contribution in [-0.2, 0) is 0 Å². The first-order chi connectivity index (χ1) is 5.49. The van der Waals surface area contributed by atoms with Gasteiger partial charge in [0.1, 0.15) is 5.60 Å². The second-order valence-corrected chi connectivity index (χ2v) is 3.64. The third-order valence-corrected chi connectivity index (χ3v) is 2.55. The van der Waals surface area contributed by atoms with E-state index in [1.807, 2.05) is 20.8 Å². The smallest absolute Gasteiger partial charge is 0.104 e. The molecule has 2 nitrogen and oxygen atoms in total. The Balaban J connectivity index is 0. The van der Waals surface area contributed by atoms with Crippen molar-refractivity contribution in [3.63, 3.8) is 0 Å². The van der Waals surface area contributed by atoms with Gasteiger partial charge in [-0.15, -0.1) is 0 Å². The van der Waals surface area contributed by atoms with Gasteiger partial charge < -0.3 is 5.11 Å². The molecular formula is C10H21NOSm. The van der Waals surface area contributed by atoms with E-state index in [9.17, 15) is 5.11 Å². The quantitative estimate of drug-likeness (QED) is 0.792. The van der Waals surface area contributed by atoms with E-state index in [2.05, 4.69) is 11.9 Å². The molecule has 78 valence electrons. The maximum absolute atomic E-state index is 10.2. The molecule has 13 heavy (non-hydrogen) atoms. The van der Waals surface area contributed by atoms with Crippen LogP contribution in [0.15, 0.2) is 4.99 Å². The zero-order chi connectivity index (χ0) is 9.78. The summed E-state index contributed by atoms with van der Waals surface area (Å²) >= 11 is 0. The number of hydrogen-bond acceptors (Lipinski definition) is 2. The predicted molar refractivity (Wildman–Crippen MR) is 53.7 cm³/mol. The molecule has 0 aromatic heterocycles. The summed E-state index contributed by atoms with van der Waals surface area (Å²) in [6.07, 6.45) is 1.79. The molecule has 0 aliphatic heterocycles.